The summed E-state index contributed by atoms with van der Waals surface area (Å²) in [6.07, 6.45) is 3.40. The number of anilines is 1. The van der Waals surface area contributed by atoms with Crippen LogP contribution in [0.5, 0.6) is 0 Å². The molecule has 16 heavy (non-hydrogen) atoms. The maximum absolute atomic E-state index is 13.1. The third-order valence-corrected chi connectivity index (χ3v) is 3.10. The Kier molecular flexibility index (Phi) is 3.44. The van der Waals surface area contributed by atoms with Crippen LogP contribution in [0.4, 0.5) is 10.1 Å². The predicted octanol–water partition coefficient (Wildman–Crippen LogP) is 2.17. The molecule has 0 unspecified atom stereocenters. The molecule has 1 aliphatic carbocycles. The van der Waals surface area contributed by atoms with Gasteiger partial charge in [0.25, 0.3) is 0 Å². The van der Waals surface area contributed by atoms with Gasteiger partial charge in [0, 0.05) is 19.3 Å². The number of nitrogens with zero attached hydrogens (tertiary/aromatic N) is 1. The SMILES string of the molecule is CN(CC1CC1)c1ccc(F)cc1CCN. The summed E-state index contributed by atoms with van der Waals surface area (Å²) >= 11 is 0. The first-order valence-electron chi connectivity index (χ1n) is 5.90. The molecule has 0 aliphatic heterocycles. The summed E-state index contributed by atoms with van der Waals surface area (Å²) in [5, 5.41) is 0. The van der Waals surface area contributed by atoms with E-state index in [-0.39, 0.29) is 5.82 Å². The zero-order chi connectivity index (χ0) is 11.5. The Morgan fingerprint density at radius 2 is 2.19 bits per heavy atom. The Labute approximate surface area is 96.2 Å². The quantitative estimate of drug-likeness (QED) is 0.827. The van der Waals surface area contributed by atoms with Crippen LogP contribution in [0.25, 0.3) is 0 Å². The molecule has 0 saturated heterocycles. The highest BCUT2D eigenvalue weighted by atomic mass is 19.1. The number of benzene rings is 1. The van der Waals surface area contributed by atoms with E-state index in [0.29, 0.717) is 6.54 Å². The van der Waals surface area contributed by atoms with Crippen molar-refractivity contribution in [3.63, 3.8) is 0 Å². The van der Waals surface area contributed by atoms with Gasteiger partial charge in [-0.1, -0.05) is 0 Å². The van der Waals surface area contributed by atoms with Crippen molar-refractivity contribution in [3.05, 3.63) is 29.6 Å². The lowest BCUT2D eigenvalue weighted by Crippen LogP contribution is -2.22. The predicted molar refractivity (Wildman–Crippen MR) is 65.2 cm³/mol. The van der Waals surface area contributed by atoms with Crippen molar-refractivity contribution < 1.29 is 4.39 Å². The fourth-order valence-corrected chi connectivity index (χ4v) is 2.07. The zero-order valence-electron chi connectivity index (χ0n) is 9.75. The van der Waals surface area contributed by atoms with Gasteiger partial charge in [-0.15, -0.1) is 0 Å². The second-order valence-corrected chi connectivity index (χ2v) is 4.64. The Morgan fingerprint density at radius 3 is 2.81 bits per heavy atom. The first-order valence-corrected chi connectivity index (χ1v) is 5.90. The standard InChI is InChI=1S/C13H19FN2/c1-16(9-10-2-3-10)13-5-4-12(14)8-11(13)6-7-15/h4-5,8,10H,2-3,6-7,9,15H2,1H3. The van der Waals surface area contributed by atoms with Gasteiger partial charge in [0.2, 0.25) is 0 Å². The van der Waals surface area contributed by atoms with Crippen LogP contribution in [-0.2, 0) is 6.42 Å². The van der Waals surface area contributed by atoms with E-state index in [0.717, 1.165) is 30.1 Å². The molecule has 1 fully saturated rings. The number of hydrogen-bond donors (Lipinski definition) is 1. The first-order chi connectivity index (χ1) is 7.70. The Bertz CT molecular complexity index is 361. The van der Waals surface area contributed by atoms with E-state index in [2.05, 4.69) is 11.9 Å². The second kappa shape index (κ2) is 4.83. The van der Waals surface area contributed by atoms with E-state index in [1.807, 2.05) is 6.07 Å². The highest BCUT2D eigenvalue weighted by Crippen LogP contribution is 2.32. The molecule has 2 N–H and O–H groups in total. The first kappa shape index (κ1) is 11.4. The number of halogens is 1. The van der Waals surface area contributed by atoms with Crippen molar-refractivity contribution in [2.45, 2.75) is 19.3 Å². The largest absolute Gasteiger partial charge is 0.374 e. The molecule has 3 heteroatoms. The molecule has 0 bridgehead atoms. The summed E-state index contributed by atoms with van der Waals surface area (Å²) in [6, 6.07) is 4.99. The van der Waals surface area contributed by atoms with Gasteiger partial charge >= 0.3 is 0 Å². The maximum Gasteiger partial charge on any atom is 0.123 e. The highest BCUT2D eigenvalue weighted by Gasteiger charge is 2.23. The second-order valence-electron chi connectivity index (χ2n) is 4.64. The summed E-state index contributed by atoms with van der Waals surface area (Å²) in [5.41, 5.74) is 7.70. The van der Waals surface area contributed by atoms with Gasteiger partial charge in [-0.3, -0.25) is 0 Å². The van der Waals surface area contributed by atoms with E-state index in [4.69, 9.17) is 5.73 Å². The maximum atomic E-state index is 13.1. The molecule has 88 valence electrons. The van der Waals surface area contributed by atoms with Gasteiger partial charge in [0.15, 0.2) is 0 Å². The van der Waals surface area contributed by atoms with Crippen LogP contribution in [0.2, 0.25) is 0 Å². The lowest BCUT2D eigenvalue weighted by molar-refractivity contribution is 0.624. The Balaban J connectivity index is 2.15. The van der Waals surface area contributed by atoms with Crippen LogP contribution in [0.3, 0.4) is 0 Å². The van der Waals surface area contributed by atoms with Crippen molar-refractivity contribution >= 4 is 5.69 Å². The Morgan fingerprint density at radius 1 is 1.44 bits per heavy atom. The van der Waals surface area contributed by atoms with Gasteiger partial charge in [0.05, 0.1) is 0 Å². The van der Waals surface area contributed by atoms with Crippen LogP contribution in [-0.4, -0.2) is 20.1 Å². The molecule has 2 rings (SSSR count). The molecule has 1 saturated carbocycles. The zero-order valence-corrected chi connectivity index (χ0v) is 9.75. The molecule has 0 aromatic heterocycles. The van der Waals surface area contributed by atoms with Gasteiger partial charge in [0.1, 0.15) is 5.82 Å². The van der Waals surface area contributed by atoms with Crippen LogP contribution < -0.4 is 10.6 Å². The molecule has 2 nitrogen and oxygen atoms in total. The van der Waals surface area contributed by atoms with Gasteiger partial charge in [-0.2, -0.15) is 0 Å². The van der Waals surface area contributed by atoms with E-state index in [1.54, 1.807) is 6.07 Å². The molecule has 0 amide bonds. The lowest BCUT2D eigenvalue weighted by atomic mass is 10.1. The van der Waals surface area contributed by atoms with Gasteiger partial charge in [-0.05, 0) is 55.5 Å². The number of hydrogen-bond acceptors (Lipinski definition) is 2. The van der Waals surface area contributed by atoms with Crippen molar-refractivity contribution in [1.29, 1.82) is 0 Å². The van der Waals surface area contributed by atoms with Crippen LogP contribution >= 0.6 is 0 Å². The van der Waals surface area contributed by atoms with E-state index >= 15 is 0 Å². The summed E-state index contributed by atoms with van der Waals surface area (Å²) in [4.78, 5) is 2.22. The molecular formula is C13H19FN2. The van der Waals surface area contributed by atoms with Crippen LogP contribution in [0.1, 0.15) is 18.4 Å². The fourth-order valence-electron chi connectivity index (χ4n) is 2.07. The van der Waals surface area contributed by atoms with Gasteiger partial charge < -0.3 is 10.6 Å². The lowest BCUT2D eigenvalue weighted by Gasteiger charge is -2.22. The van der Waals surface area contributed by atoms with E-state index in [1.165, 1.54) is 18.9 Å². The summed E-state index contributed by atoms with van der Waals surface area (Å²) < 4.78 is 13.1. The number of rotatable bonds is 5. The number of nitrogens with two attached hydrogens (primary N) is 1. The third-order valence-electron chi connectivity index (χ3n) is 3.10. The van der Waals surface area contributed by atoms with Crippen LogP contribution in [0.15, 0.2) is 18.2 Å². The van der Waals surface area contributed by atoms with Crippen LogP contribution in [0, 0.1) is 11.7 Å². The minimum absolute atomic E-state index is 0.174. The fraction of sp³-hybridized carbons (Fsp3) is 0.538. The molecule has 0 spiro atoms. The minimum atomic E-state index is -0.174. The monoisotopic (exact) mass is 222 g/mol. The van der Waals surface area contributed by atoms with Crippen molar-refractivity contribution in [1.82, 2.24) is 0 Å². The minimum Gasteiger partial charge on any atom is -0.374 e. The molecule has 0 heterocycles. The van der Waals surface area contributed by atoms with Gasteiger partial charge in [-0.25, -0.2) is 4.39 Å². The van der Waals surface area contributed by atoms with E-state index < -0.39 is 0 Å². The average molecular weight is 222 g/mol. The topological polar surface area (TPSA) is 29.3 Å². The molecule has 1 aliphatic rings. The molecule has 1 aromatic rings. The molecule has 0 atom stereocenters. The van der Waals surface area contributed by atoms with Crippen molar-refractivity contribution in [2.75, 3.05) is 25.0 Å². The molecule has 0 radical (unpaired) electrons. The van der Waals surface area contributed by atoms with Crippen molar-refractivity contribution in [2.24, 2.45) is 11.7 Å². The highest BCUT2D eigenvalue weighted by molar-refractivity contribution is 5.53. The van der Waals surface area contributed by atoms with Crippen molar-refractivity contribution in [3.8, 4) is 0 Å². The van der Waals surface area contributed by atoms with E-state index in [9.17, 15) is 4.39 Å². The summed E-state index contributed by atoms with van der Waals surface area (Å²) in [6.45, 7) is 1.64. The Hall–Kier alpha value is -1.09. The molecule has 1 aromatic carbocycles. The summed E-state index contributed by atoms with van der Waals surface area (Å²) in [7, 11) is 2.07. The average Bonchev–Trinajstić information content (AvgIpc) is 3.02. The normalized spacial score (nSPS) is 15.2. The molecular weight excluding hydrogens is 203 g/mol. The third kappa shape index (κ3) is 2.73. The smallest absolute Gasteiger partial charge is 0.123 e. The summed E-state index contributed by atoms with van der Waals surface area (Å²) in [5.74, 6) is 0.660.